The van der Waals surface area contributed by atoms with Gasteiger partial charge in [-0.05, 0) is 30.0 Å². The zero-order chi connectivity index (χ0) is 12.8. The minimum absolute atomic E-state index is 0.0955. The summed E-state index contributed by atoms with van der Waals surface area (Å²) in [5, 5.41) is 0. The Morgan fingerprint density at radius 1 is 1.12 bits per heavy atom. The summed E-state index contributed by atoms with van der Waals surface area (Å²) in [6.07, 6.45) is 4.07. The molecule has 92 valence electrons. The summed E-state index contributed by atoms with van der Waals surface area (Å²) >= 11 is 0. The van der Waals surface area contributed by atoms with E-state index in [2.05, 4.69) is 0 Å². The van der Waals surface area contributed by atoms with Crippen LogP contribution in [0.2, 0.25) is 0 Å². The molecule has 0 aliphatic carbocycles. The van der Waals surface area contributed by atoms with Crippen LogP contribution in [0.5, 0.6) is 0 Å². The number of carbonyl (C=O) groups excluding carboxylic acids is 2. The summed E-state index contributed by atoms with van der Waals surface area (Å²) in [5.74, 6) is 0.324. The Balaban J connectivity index is 2.74. The molecule has 0 aliphatic heterocycles. The van der Waals surface area contributed by atoms with E-state index in [1.807, 2.05) is 12.5 Å². The van der Waals surface area contributed by atoms with Crippen LogP contribution >= 0.6 is 0 Å². The molecule has 4 heteroatoms. The summed E-state index contributed by atoms with van der Waals surface area (Å²) in [6, 6.07) is 6.63. The second-order valence-electron chi connectivity index (χ2n) is 3.85. The molecule has 0 N–H and O–H groups in total. The van der Waals surface area contributed by atoms with Crippen molar-refractivity contribution in [1.82, 2.24) is 0 Å². The highest BCUT2D eigenvalue weighted by Gasteiger charge is 2.14. The van der Waals surface area contributed by atoms with Crippen molar-refractivity contribution in [3.05, 3.63) is 35.4 Å². The lowest BCUT2D eigenvalue weighted by Crippen LogP contribution is -2.14. The Bertz CT molecular complexity index is 396. The fourth-order valence-electron chi connectivity index (χ4n) is 1.35. The van der Waals surface area contributed by atoms with Gasteiger partial charge in [0, 0.05) is 5.56 Å². The van der Waals surface area contributed by atoms with Crippen molar-refractivity contribution < 1.29 is 14.3 Å². The summed E-state index contributed by atoms with van der Waals surface area (Å²) in [4.78, 5) is 23.2. The van der Waals surface area contributed by atoms with Gasteiger partial charge in [-0.3, -0.25) is 4.79 Å². The maximum atomic E-state index is 11.8. The molecule has 0 bridgehead atoms. The summed E-state index contributed by atoms with van der Waals surface area (Å²) in [7, 11) is 0.0955. The number of benzene rings is 1. The molecule has 0 saturated carbocycles. The molecule has 0 unspecified atom stereocenters. The molecular weight excluding hydrogens is 236 g/mol. The van der Waals surface area contributed by atoms with E-state index in [-0.39, 0.29) is 22.6 Å². The standard InChI is InChI=1S/C13H17O3S/c1-4-16-13(15)11-7-5-10(6-8-11)12(14)9-17(2)3/h5-8H,4,9H2,1-3H3/q+1. The van der Waals surface area contributed by atoms with E-state index in [9.17, 15) is 9.59 Å². The van der Waals surface area contributed by atoms with E-state index in [0.717, 1.165) is 0 Å². The van der Waals surface area contributed by atoms with Gasteiger partial charge in [0.25, 0.3) is 0 Å². The maximum absolute atomic E-state index is 11.8. The molecule has 0 atom stereocenters. The number of rotatable bonds is 5. The van der Waals surface area contributed by atoms with Crippen molar-refractivity contribution in [3.8, 4) is 0 Å². The van der Waals surface area contributed by atoms with Gasteiger partial charge in [-0.1, -0.05) is 12.1 Å². The molecule has 3 nitrogen and oxygen atoms in total. The van der Waals surface area contributed by atoms with Crippen LogP contribution in [0.25, 0.3) is 0 Å². The van der Waals surface area contributed by atoms with E-state index in [1.165, 1.54) is 0 Å². The van der Waals surface area contributed by atoms with Crippen molar-refractivity contribution in [2.45, 2.75) is 6.92 Å². The Hall–Kier alpha value is -1.29. The Morgan fingerprint density at radius 2 is 1.65 bits per heavy atom. The predicted molar refractivity (Wildman–Crippen MR) is 70.8 cm³/mol. The lowest BCUT2D eigenvalue weighted by molar-refractivity contribution is 0.0526. The lowest BCUT2D eigenvalue weighted by atomic mass is 10.1. The van der Waals surface area contributed by atoms with E-state index in [4.69, 9.17) is 4.74 Å². The van der Waals surface area contributed by atoms with Gasteiger partial charge in [-0.15, -0.1) is 0 Å². The van der Waals surface area contributed by atoms with Crippen LogP contribution in [0.4, 0.5) is 0 Å². The van der Waals surface area contributed by atoms with Crippen LogP contribution in [0, 0.1) is 0 Å². The molecule has 0 aromatic heterocycles. The first kappa shape index (κ1) is 13.8. The number of hydrogen-bond donors (Lipinski definition) is 0. The molecule has 0 radical (unpaired) electrons. The largest absolute Gasteiger partial charge is 0.462 e. The Labute approximate surface area is 105 Å². The fraction of sp³-hybridized carbons (Fsp3) is 0.385. The average Bonchev–Trinajstić information content (AvgIpc) is 2.28. The molecule has 0 fully saturated rings. The van der Waals surface area contributed by atoms with Crippen LogP contribution in [0.15, 0.2) is 24.3 Å². The monoisotopic (exact) mass is 253 g/mol. The van der Waals surface area contributed by atoms with Crippen LogP contribution in [0.3, 0.4) is 0 Å². The van der Waals surface area contributed by atoms with Crippen molar-refractivity contribution in [2.75, 3.05) is 24.9 Å². The summed E-state index contributed by atoms with van der Waals surface area (Å²) in [5.41, 5.74) is 1.13. The highest BCUT2D eigenvalue weighted by Crippen LogP contribution is 2.08. The maximum Gasteiger partial charge on any atom is 0.338 e. The van der Waals surface area contributed by atoms with E-state index >= 15 is 0 Å². The van der Waals surface area contributed by atoms with Crippen LogP contribution in [0.1, 0.15) is 27.6 Å². The first-order valence-electron chi connectivity index (χ1n) is 5.39. The lowest BCUT2D eigenvalue weighted by Gasteiger charge is -2.03. The van der Waals surface area contributed by atoms with E-state index in [0.29, 0.717) is 23.5 Å². The Kier molecular flexibility index (Phi) is 5.22. The minimum Gasteiger partial charge on any atom is -0.462 e. The third-order valence-electron chi connectivity index (χ3n) is 2.14. The topological polar surface area (TPSA) is 43.4 Å². The number of Topliss-reactive ketones (excluding diaryl/α,β-unsaturated/α-hetero) is 1. The number of ketones is 1. The first-order valence-corrected chi connectivity index (χ1v) is 7.60. The number of ether oxygens (including phenoxy) is 1. The highest BCUT2D eigenvalue weighted by atomic mass is 32.2. The fourth-order valence-corrected chi connectivity index (χ4v) is 2.04. The molecule has 1 aromatic carbocycles. The van der Waals surface area contributed by atoms with Gasteiger partial charge >= 0.3 is 5.97 Å². The van der Waals surface area contributed by atoms with Crippen molar-refractivity contribution in [2.24, 2.45) is 0 Å². The molecule has 0 heterocycles. The van der Waals surface area contributed by atoms with Crippen LogP contribution in [-0.2, 0) is 15.6 Å². The van der Waals surface area contributed by atoms with Gasteiger partial charge in [0.2, 0.25) is 5.78 Å². The van der Waals surface area contributed by atoms with Crippen LogP contribution in [-0.4, -0.2) is 36.6 Å². The molecule has 1 rings (SSSR count). The quantitative estimate of drug-likeness (QED) is 0.457. The molecule has 1 aromatic rings. The predicted octanol–water partition coefficient (Wildman–Crippen LogP) is 1.92. The molecule has 17 heavy (non-hydrogen) atoms. The third kappa shape index (κ3) is 4.23. The van der Waals surface area contributed by atoms with Gasteiger partial charge in [-0.2, -0.15) is 0 Å². The number of hydrogen-bond acceptors (Lipinski definition) is 3. The second-order valence-corrected chi connectivity index (χ2v) is 6.11. The normalized spacial score (nSPS) is 10.4. The first-order chi connectivity index (χ1) is 8.04. The molecule has 0 saturated heterocycles. The van der Waals surface area contributed by atoms with Gasteiger partial charge < -0.3 is 4.74 Å². The number of carbonyl (C=O) groups is 2. The average molecular weight is 253 g/mol. The summed E-state index contributed by atoms with van der Waals surface area (Å²) < 4.78 is 4.87. The smallest absolute Gasteiger partial charge is 0.338 e. The van der Waals surface area contributed by atoms with Gasteiger partial charge in [0.1, 0.15) is 0 Å². The third-order valence-corrected chi connectivity index (χ3v) is 2.98. The van der Waals surface area contributed by atoms with Crippen molar-refractivity contribution >= 4 is 22.6 Å². The summed E-state index contributed by atoms with van der Waals surface area (Å²) in [6.45, 7) is 2.12. The van der Waals surface area contributed by atoms with Gasteiger partial charge in [0.15, 0.2) is 5.75 Å². The SMILES string of the molecule is CCOC(=O)c1ccc(C(=O)C[S+](C)C)cc1. The molecule has 0 amide bonds. The van der Waals surface area contributed by atoms with Crippen molar-refractivity contribution in [3.63, 3.8) is 0 Å². The van der Waals surface area contributed by atoms with E-state index < -0.39 is 0 Å². The molecule has 0 aliphatic rings. The minimum atomic E-state index is -0.350. The molecule has 0 spiro atoms. The molecular formula is C13H17O3S+. The highest BCUT2D eigenvalue weighted by molar-refractivity contribution is 7.96. The van der Waals surface area contributed by atoms with Crippen molar-refractivity contribution in [1.29, 1.82) is 0 Å². The zero-order valence-corrected chi connectivity index (χ0v) is 11.2. The number of esters is 1. The second kappa shape index (κ2) is 6.45. The Morgan fingerprint density at radius 3 is 2.12 bits per heavy atom. The van der Waals surface area contributed by atoms with Gasteiger partial charge in [-0.25, -0.2) is 4.79 Å². The van der Waals surface area contributed by atoms with Crippen LogP contribution < -0.4 is 0 Å². The van der Waals surface area contributed by atoms with E-state index in [1.54, 1.807) is 31.2 Å². The van der Waals surface area contributed by atoms with Gasteiger partial charge in [0.05, 0.1) is 24.7 Å². The zero-order valence-electron chi connectivity index (χ0n) is 10.4.